The van der Waals surface area contributed by atoms with Gasteiger partial charge in [0.05, 0.1) is 11.1 Å². The molecule has 0 atom stereocenters. The van der Waals surface area contributed by atoms with Crippen LogP contribution in [0.5, 0.6) is 6.01 Å². The molecule has 0 unspecified atom stereocenters. The van der Waals surface area contributed by atoms with Gasteiger partial charge >= 0.3 is 6.01 Å². The van der Waals surface area contributed by atoms with Crippen LogP contribution in [-0.4, -0.2) is 21.1 Å². The quantitative estimate of drug-likeness (QED) is 0.921. The van der Waals surface area contributed by atoms with E-state index in [2.05, 4.69) is 15.0 Å². The summed E-state index contributed by atoms with van der Waals surface area (Å²) in [5.41, 5.74) is 5.64. The highest BCUT2D eigenvalue weighted by molar-refractivity contribution is 7.99. The second kappa shape index (κ2) is 6.47. The van der Waals surface area contributed by atoms with Crippen molar-refractivity contribution < 1.29 is 4.74 Å². The molecule has 0 spiro atoms. The molecule has 8 heteroatoms. The fourth-order valence-electron chi connectivity index (χ4n) is 1.32. The number of nitrogen functional groups attached to an aromatic ring is 1. The lowest BCUT2D eigenvalue weighted by atomic mass is 10.4. The minimum atomic E-state index is -0.0515. The Balaban J connectivity index is 2.28. The molecule has 0 fully saturated rings. The number of benzene rings is 1. The van der Waals surface area contributed by atoms with E-state index in [-0.39, 0.29) is 18.1 Å². The number of nitrogens with zero attached hydrogens (tertiary/aromatic N) is 3. The molecule has 2 rings (SSSR count). The molecule has 0 aliphatic heterocycles. The van der Waals surface area contributed by atoms with Crippen LogP contribution in [0.4, 0.5) is 5.95 Å². The largest absolute Gasteiger partial charge is 0.461 e. The Labute approximate surface area is 130 Å². The van der Waals surface area contributed by atoms with Crippen molar-refractivity contribution in [3.8, 4) is 6.01 Å². The van der Waals surface area contributed by atoms with Crippen molar-refractivity contribution in [1.29, 1.82) is 0 Å². The number of ether oxygens (including phenoxy) is 1. The van der Waals surface area contributed by atoms with E-state index in [0.29, 0.717) is 15.2 Å². The van der Waals surface area contributed by atoms with Crippen molar-refractivity contribution in [2.45, 2.75) is 30.0 Å². The van der Waals surface area contributed by atoms with Gasteiger partial charge in [0.25, 0.3) is 0 Å². The lowest BCUT2D eigenvalue weighted by molar-refractivity contribution is 0.219. The van der Waals surface area contributed by atoms with E-state index in [4.69, 9.17) is 33.7 Å². The van der Waals surface area contributed by atoms with Gasteiger partial charge in [0.15, 0.2) is 0 Å². The molecular formula is C12H12Cl2N4OS. The average molecular weight is 331 g/mol. The maximum Gasteiger partial charge on any atom is 0.322 e. The second-order valence-electron chi connectivity index (χ2n) is 4.10. The van der Waals surface area contributed by atoms with Gasteiger partial charge in [0.2, 0.25) is 11.1 Å². The van der Waals surface area contributed by atoms with E-state index in [1.54, 1.807) is 18.2 Å². The van der Waals surface area contributed by atoms with Gasteiger partial charge in [-0.25, -0.2) is 0 Å². The molecule has 1 heterocycles. The highest BCUT2D eigenvalue weighted by Crippen LogP contribution is 2.33. The maximum atomic E-state index is 6.10. The fourth-order valence-corrected chi connectivity index (χ4v) is 2.60. The molecule has 20 heavy (non-hydrogen) atoms. The SMILES string of the molecule is CC(C)Oc1nc(N)nc(Sc2cc(Cl)ccc2Cl)n1. The lowest BCUT2D eigenvalue weighted by Crippen LogP contribution is -2.10. The minimum absolute atomic E-state index is 0.0515. The molecule has 106 valence electrons. The Morgan fingerprint density at radius 2 is 1.95 bits per heavy atom. The van der Waals surface area contributed by atoms with Crippen LogP contribution in [0.2, 0.25) is 10.0 Å². The molecule has 0 aliphatic rings. The third kappa shape index (κ3) is 4.13. The fraction of sp³-hybridized carbons (Fsp3) is 0.250. The van der Waals surface area contributed by atoms with Crippen molar-refractivity contribution in [3.05, 3.63) is 28.2 Å². The first-order chi connectivity index (χ1) is 9.44. The summed E-state index contributed by atoms with van der Waals surface area (Å²) in [6.07, 6.45) is -0.0515. The summed E-state index contributed by atoms with van der Waals surface area (Å²) in [5, 5.41) is 1.54. The van der Waals surface area contributed by atoms with Gasteiger partial charge in [0.1, 0.15) is 0 Å². The number of hydrogen-bond donors (Lipinski definition) is 1. The van der Waals surface area contributed by atoms with E-state index < -0.39 is 0 Å². The smallest absolute Gasteiger partial charge is 0.322 e. The van der Waals surface area contributed by atoms with E-state index in [0.717, 1.165) is 4.90 Å². The molecule has 2 aromatic rings. The number of halogens is 2. The number of hydrogen-bond acceptors (Lipinski definition) is 6. The van der Waals surface area contributed by atoms with Gasteiger partial charge in [-0.05, 0) is 43.8 Å². The summed E-state index contributed by atoms with van der Waals surface area (Å²) in [7, 11) is 0. The molecule has 0 aliphatic carbocycles. The van der Waals surface area contributed by atoms with Crippen LogP contribution in [0.3, 0.4) is 0 Å². The number of aromatic nitrogens is 3. The highest BCUT2D eigenvalue weighted by Gasteiger charge is 2.11. The zero-order valence-electron chi connectivity index (χ0n) is 10.8. The Morgan fingerprint density at radius 1 is 1.20 bits per heavy atom. The van der Waals surface area contributed by atoms with E-state index in [1.165, 1.54) is 11.8 Å². The molecule has 0 amide bonds. The Hall–Kier alpha value is -1.24. The van der Waals surface area contributed by atoms with Gasteiger partial charge in [-0.3, -0.25) is 0 Å². The number of anilines is 1. The summed E-state index contributed by atoms with van der Waals surface area (Å²) in [6, 6.07) is 5.34. The molecule has 0 saturated carbocycles. The first-order valence-electron chi connectivity index (χ1n) is 5.75. The van der Waals surface area contributed by atoms with Crippen LogP contribution in [0, 0.1) is 0 Å². The molecular weight excluding hydrogens is 319 g/mol. The Morgan fingerprint density at radius 3 is 2.65 bits per heavy atom. The second-order valence-corrected chi connectivity index (χ2v) is 5.95. The van der Waals surface area contributed by atoms with Gasteiger partial charge in [-0.15, -0.1) is 0 Å². The van der Waals surface area contributed by atoms with Crippen LogP contribution in [0.15, 0.2) is 28.3 Å². The average Bonchev–Trinajstić information content (AvgIpc) is 2.32. The van der Waals surface area contributed by atoms with Crippen molar-refractivity contribution in [1.82, 2.24) is 15.0 Å². The zero-order valence-corrected chi connectivity index (χ0v) is 13.1. The van der Waals surface area contributed by atoms with Gasteiger partial charge in [-0.1, -0.05) is 23.2 Å². The van der Waals surface area contributed by atoms with E-state index in [1.807, 2.05) is 13.8 Å². The number of rotatable bonds is 4. The highest BCUT2D eigenvalue weighted by atomic mass is 35.5. The predicted octanol–water partition coefficient (Wildman–Crippen LogP) is 3.70. The molecule has 5 nitrogen and oxygen atoms in total. The molecule has 0 bridgehead atoms. The van der Waals surface area contributed by atoms with Crippen molar-refractivity contribution >= 4 is 40.9 Å². The summed E-state index contributed by atoms with van der Waals surface area (Å²) in [4.78, 5) is 12.9. The Kier molecular flexibility index (Phi) is 4.91. The topological polar surface area (TPSA) is 73.9 Å². The van der Waals surface area contributed by atoms with Crippen LogP contribution in [0.25, 0.3) is 0 Å². The van der Waals surface area contributed by atoms with Crippen LogP contribution in [-0.2, 0) is 0 Å². The first-order valence-corrected chi connectivity index (χ1v) is 7.32. The zero-order chi connectivity index (χ0) is 14.7. The summed E-state index contributed by atoms with van der Waals surface area (Å²) in [6.45, 7) is 3.75. The molecule has 0 radical (unpaired) electrons. The molecule has 0 saturated heterocycles. The van der Waals surface area contributed by atoms with Crippen molar-refractivity contribution in [2.24, 2.45) is 0 Å². The van der Waals surface area contributed by atoms with E-state index >= 15 is 0 Å². The van der Waals surface area contributed by atoms with E-state index in [9.17, 15) is 0 Å². The van der Waals surface area contributed by atoms with Crippen LogP contribution >= 0.6 is 35.0 Å². The lowest BCUT2D eigenvalue weighted by Gasteiger charge is -2.09. The molecule has 1 aromatic heterocycles. The van der Waals surface area contributed by atoms with Crippen molar-refractivity contribution in [3.63, 3.8) is 0 Å². The van der Waals surface area contributed by atoms with Gasteiger partial charge < -0.3 is 10.5 Å². The summed E-state index contributed by atoms with van der Waals surface area (Å²) in [5.74, 6) is 0.0938. The minimum Gasteiger partial charge on any atom is -0.461 e. The summed E-state index contributed by atoms with van der Waals surface area (Å²) < 4.78 is 5.41. The normalized spacial score (nSPS) is 10.8. The van der Waals surface area contributed by atoms with Gasteiger partial charge in [0, 0.05) is 9.92 Å². The van der Waals surface area contributed by atoms with Crippen molar-refractivity contribution in [2.75, 3.05) is 5.73 Å². The predicted molar refractivity (Wildman–Crippen MR) is 80.6 cm³/mol. The molecule has 1 aromatic carbocycles. The third-order valence-electron chi connectivity index (χ3n) is 2.05. The Bertz CT molecular complexity index is 624. The molecule has 2 N–H and O–H groups in total. The van der Waals surface area contributed by atoms with Crippen LogP contribution in [0.1, 0.15) is 13.8 Å². The third-order valence-corrected chi connectivity index (χ3v) is 3.65. The van der Waals surface area contributed by atoms with Crippen LogP contribution < -0.4 is 10.5 Å². The van der Waals surface area contributed by atoms with Gasteiger partial charge in [-0.2, -0.15) is 15.0 Å². The number of nitrogens with two attached hydrogens (primary N) is 1. The maximum absolute atomic E-state index is 6.10. The monoisotopic (exact) mass is 330 g/mol. The summed E-state index contributed by atoms with van der Waals surface area (Å²) >= 11 is 13.3. The first kappa shape index (κ1) is 15.2. The standard InChI is InChI=1S/C12H12Cl2N4OS/c1-6(2)19-11-16-10(15)17-12(18-11)20-9-5-7(13)3-4-8(9)14/h3-6H,1-2H3,(H2,15,16,17,18).